The highest BCUT2D eigenvalue weighted by atomic mass is 28.2. The number of fused-ring (bicyclic) bond motifs is 5. The molecule has 4 rings (SSSR count). The maximum Gasteiger partial charge on any atom is 0.303 e. The average molecular weight is 497 g/mol. The van der Waals surface area contributed by atoms with E-state index in [0.29, 0.717) is 33.8 Å². The molecule has 0 aromatic rings. The van der Waals surface area contributed by atoms with Gasteiger partial charge in [-0.15, -0.1) is 0 Å². The van der Waals surface area contributed by atoms with Gasteiger partial charge in [0.25, 0.3) is 0 Å². The first-order chi connectivity index (χ1) is 15.2. The van der Waals surface area contributed by atoms with Crippen molar-refractivity contribution in [3.05, 3.63) is 11.1 Å². The maximum absolute atomic E-state index is 14.5. The van der Waals surface area contributed by atoms with Crippen molar-refractivity contribution < 1.29 is 33.0 Å². The third-order valence-electron chi connectivity index (χ3n) is 10.00. The number of aliphatic hydroxyl groups is 1. The van der Waals surface area contributed by atoms with Crippen LogP contribution in [0.15, 0.2) is 11.1 Å². The van der Waals surface area contributed by atoms with E-state index in [4.69, 9.17) is 18.3 Å². The van der Waals surface area contributed by atoms with Crippen LogP contribution in [0, 0.1) is 28.6 Å². The minimum atomic E-state index is -1.17. The minimum Gasteiger partial charge on any atom is -0.454 e. The zero-order valence-corrected chi connectivity index (χ0v) is 25.5. The number of esters is 1. The summed E-state index contributed by atoms with van der Waals surface area (Å²) in [6.45, 7) is 13.7. The van der Waals surface area contributed by atoms with E-state index in [-0.39, 0.29) is 36.6 Å². The molecule has 9 atom stereocenters. The molecule has 3 aliphatic carbocycles. The average Bonchev–Trinajstić information content (AvgIpc) is 2.72. The summed E-state index contributed by atoms with van der Waals surface area (Å²) in [7, 11) is 1.01. The van der Waals surface area contributed by atoms with Gasteiger partial charge in [0, 0.05) is 37.0 Å². The Hall–Kier alpha value is -0.846. The lowest BCUT2D eigenvalue weighted by Crippen LogP contribution is -2.79. The Labute approximate surface area is 203 Å². The largest absolute Gasteiger partial charge is 0.454 e. The Morgan fingerprint density at radius 2 is 1.82 bits per heavy atom. The molecule has 4 aliphatic rings. The number of carbonyl (C=O) groups is 2. The summed E-state index contributed by atoms with van der Waals surface area (Å²) in [5.74, 6) is -1.54. The van der Waals surface area contributed by atoms with Crippen molar-refractivity contribution in [1.82, 2.24) is 0 Å². The Kier molecular flexibility index (Phi) is 5.99. The lowest BCUT2D eigenvalue weighted by molar-refractivity contribution is -0.335. The predicted octanol–water partition coefficient (Wildman–Crippen LogP) is 0.377. The van der Waals surface area contributed by atoms with Gasteiger partial charge in [-0.3, -0.25) is 9.59 Å². The molecule has 3 fully saturated rings. The molecule has 0 aromatic carbocycles. The van der Waals surface area contributed by atoms with Gasteiger partial charge in [-0.25, -0.2) is 0 Å². The zero-order valence-electron chi connectivity index (χ0n) is 21.5. The van der Waals surface area contributed by atoms with E-state index in [1.54, 1.807) is 0 Å². The molecule has 33 heavy (non-hydrogen) atoms. The Bertz CT molecular complexity index is 903. The summed E-state index contributed by atoms with van der Waals surface area (Å²) in [6, 6.07) is 0. The van der Waals surface area contributed by atoms with Crippen LogP contribution in [0.4, 0.5) is 0 Å². The Balaban J connectivity index is 2.03. The monoisotopic (exact) mass is 496 g/mol. The molecule has 2 saturated carbocycles. The van der Waals surface area contributed by atoms with Gasteiger partial charge in [-0.1, -0.05) is 33.3 Å². The highest BCUT2D eigenvalue weighted by Crippen LogP contribution is 2.66. The van der Waals surface area contributed by atoms with Crippen molar-refractivity contribution in [2.45, 2.75) is 90.8 Å². The predicted molar refractivity (Wildman–Crippen MR) is 129 cm³/mol. The van der Waals surface area contributed by atoms with E-state index in [9.17, 15) is 14.7 Å². The molecule has 1 saturated heterocycles. The first kappa shape index (κ1) is 25.3. The summed E-state index contributed by atoms with van der Waals surface area (Å²) in [6.07, 6.45) is 0.0284. The van der Waals surface area contributed by atoms with Crippen molar-refractivity contribution >= 4 is 32.7 Å². The molecular weight excluding hydrogens is 456 g/mol. The number of Topliss-reactive ketones (excluding diaryl/α,β-unsaturated/α-hetero) is 1. The summed E-state index contributed by atoms with van der Waals surface area (Å²) in [4.78, 5) is 26.8. The fraction of sp³-hybridized carbons (Fsp3) is 0.833. The van der Waals surface area contributed by atoms with Gasteiger partial charge in [0.05, 0.1) is 29.8 Å². The van der Waals surface area contributed by atoms with Gasteiger partial charge >= 0.3 is 5.97 Å². The van der Waals surface area contributed by atoms with Gasteiger partial charge in [-0.05, 0) is 25.3 Å². The Morgan fingerprint density at radius 3 is 2.30 bits per heavy atom. The summed E-state index contributed by atoms with van der Waals surface area (Å²) < 4.78 is 24.1. The lowest BCUT2D eigenvalue weighted by atomic mass is 9.42. The molecule has 1 heterocycles. The van der Waals surface area contributed by atoms with E-state index in [2.05, 4.69) is 13.8 Å². The number of hydrogen-bond acceptors (Lipinski definition) is 7. The van der Waals surface area contributed by atoms with Crippen molar-refractivity contribution in [2.75, 3.05) is 6.61 Å². The first-order valence-electron chi connectivity index (χ1n) is 12.1. The molecule has 9 heteroatoms. The van der Waals surface area contributed by atoms with Gasteiger partial charge in [0.15, 0.2) is 5.60 Å². The summed E-state index contributed by atoms with van der Waals surface area (Å²) in [5.41, 5.74) is -1.67. The number of hydrogen-bond donors (Lipinski definition) is 1. The fourth-order valence-electron chi connectivity index (χ4n) is 8.45. The van der Waals surface area contributed by atoms with Crippen LogP contribution in [0.2, 0.25) is 0 Å². The fourth-order valence-corrected chi connectivity index (χ4v) is 9.66. The molecule has 0 spiro atoms. The van der Waals surface area contributed by atoms with Crippen LogP contribution in [0.5, 0.6) is 0 Å². The van der Waals surface area contributed by atoms with E-state index in [0.717, 1.165) is 11.1 Å². The number of ketones is 1. The van der Waals surface area contributed by atoms with Crippen molar-refractivity contribution in [2.24, 2.45) is 28.6 Å². The van der Waals surface area contributed by atoms with Crippen molar-refractivity contribution in [1.29, 1.82) is 0 Å². The minimum absolute atomic E-state index is 0.0931. The molecule has 0 aromatic heterocycles. The second-order valence-electron chi connectivity index (χ2n) is 11.5. The zero-order chi connectivity index (χ0) is 24.7. The highest BCUT2D eigenvalue weighted by Gasteiger charge is 2.75. The van der Waals surface area contributed by atoms with Crippen LogP contribution in [0.3, 0.4) is 0 Å². The van der Waals surface area contributed by atoms with Gasteiger partial charge in [0.2, 0.25) is 0 Å². The SMILES string of the molecule is CC(=O)OC12COC1CC(O[SiH3])[C@@]1(C)C(=O)[C@H](C)C3=C(C)C(O[SiH3])CC(O)([C@@H](C)C21)C3(C)C. The normalized spacial score (nSPS) is 48.9. The van der Waals surface area contributed by atoms with E-state index < -0.39 is 39.8 Å². The van der Waals surface area contributed by atoms with Gasteiger partial charge in [0.1, 0.15) is 32.9 Å². The smallest absolute Gasteiger partial charge is 0.303 e. The van der Waals surface area contributed by atoms with Crippen molar-refractivity contribution in [3.8, 4) is 0 Å². The molecule has 6 unspecified atom stereocenters. The number of ether oxygens (including phenoxy) is 2. The third kappa shape index (κ3) is 2.99. The van der Waals surface area contributed by atoms with Gasteiger partial charge in [-0.2, -0.15) is 0 Å². The lowest BCUT2D eigenvalue weighted by Gasteiger charge is -2.68. The van der Waals surface area contributed by atoms with Crippen LogP contribution < -0.4 is 0 Å². The summed E-state index contributed by atoms with van der Waals surface area (Å²) >= 11 is 0. The second-order valence-corrected chi connectivity index (χ2v) is 12.5. The van der Waals surface area contributed by atoms with Crippen molar-refractivity contribution in [3.63, 3.8) is 0 Å². The summed E-state index contributed by atoms with van der Waals surface area (Å²) in [5, 5.41) is 12.6. The van der Waals surface area contributed by atoms with Gasteiger partial charge < -0.3 is 23.4 Å². The topological polar surface area (TPSA) is 91.3 Å². The standard InChI is InChI=1S/C24H40O7Si2/c1-11-15(30-32)9-24(27)13(3)19-22(7,20(26)12(2)18(11)21(24,5)6)16(31-33)8-17-23(19,10-28-17)29-14(4)25/h12-13,15-17,19,27H,8-10H2,1-7,32-33H3/t12-,13+,15?,16?,17?,19?,22-,23?,24?/m1/s1. The maximum atomic E-state index is 14.5. The van der Waals surface area contributed by atoms with Crippen LogP contribution >= 0.6 is 0 Å². The second kappa shape index (κ2) is 7.83. The van der Waals surface area contributed by atoms with Crippen LogP contribution in [-0.4, -0.2) is 74.0 Å². The number of carbonyl (C=O) groups excluding carboxylic acids is 2. The van der Waals surface area contributed by atoms with Crippen LogP contribution in [-0.2, 0) is 27.9 Å². The number of rotatable bonds is 3. The van der Waals surface area contributed by atoms with E-state index in [1.165, 1.54) is 6.92 Å². The molecule has 1 N–H and O–H groups in total. The third-order valence-corrected chi connectivity index (χ3v) is 11.1. The molecule has 0 amide bonds. The van der Waals surface area contributed by atoms with E-state index >= 15 is 0 Å². The van der Waals surface area contributed by atoms with E-state index in [1.807, 2.05) is 27.7 Å². The van der Waals surface area contributed by atoms with Crippen LogP contribution in [0.25, 0.3) is 0 Å². The highest BCUT2D eigenvalue weighted by molar-refractivity contribution is 5.99. The quantitative estimate of drug-likeness (QED) is 0.343. The van der Waals surface area contributed by atoms with Crippen LogP contribution in [0.1, 0.15) is 61.3 Å². The first-order valence-corrected chi connectivity index (χ1v) is 13.7. The molecular formula is C24H40O7Si2. The molecule has 2 bridgehead atoms. The molecule has 7 nitrogen and oxygen atoms in total. The molecule has 0 radical (unpaired) electrons. The Morgan fingerprint density at radius 1 is 1.18 bits per heavy atom. The molecule has 186 valence electrons. The molecule has 1 aliphatic heterocycles.